The zero-order chi connectivity index (χ0) is 19.5. The van der Waals surface area contributed by atoms with Crippen molar-refractivity contribution < 1.29 is 19.1 Å². The number of thioether (sulfide) groups is 1. The van der Waals surface area contributed by atoms with Crippen molar-refractivity contribution in [3.05, 3.63) is 64.7 Å². The van der Waals surface area contributed by atoms with Crippen LogP contribution >= 0.6 is 23.4 Å². The Morgan fingerprint density at radius 3 is 2.70 bits per heavy atom. The fourth-order valence-corrected chi connectivity index (χ4v) is 2.93. The number of methoxy groups -OCH3 is 1. The highest BCUT2D eigenvalue weighted by Gasteiger charge is 2.02. The van der Waals surface area contributed by atoms with E-state index in [1.165, 1.54) is 25.1 Å². The number of ether oxygens (including phenoxy) is 2. The van der Waals surface area contributed by atoms with Gasteiger partial charge in [-0.15, -0.1) is 11.8 Å². The maximum atomic E-state index is 11.8. The first kappa shape index (κ1) is 20.8. The average molecular weight is 407 g/mol. The van der Waals surface area contributed by atoms with E-state index in [9.17, 15) is 9.59 Å². The van der Waals surface area contributed by atoms with Crippen LogP contribution in [0.5, 0.6) is 5.75 Å². The quantitative estimate of drug-likeness (QED) is 0.393. The molecule has 8 heteroatoms. The minimum absolute atomic E-state index is 0.146. The molecule has 0 fully saturated rings. The molecule has 0 radical (unpaired) electrons. The van der Waals surface area contributed by atoms with Gasteiger partial charge in [0, 0.05) is 10.8 Å². The second-order valence-corrected chi connectivity index (χ2v) is 6.77. The standard InChI is InChI=1S/C19H19ClN2O4S/c1-25-19(24)11-26-17-7-5-14(6-8-17)10-21-22-18(23)13-27-12-15-3-2-4-16(20)9-15/h2-10H,11-13H2,1H3,(H,22,23)/b21-10+. The van der Waals surface area contributed by atoms with Gasteiger partial charge in [-0.1, -0.05) is 23.7 Å². The number of carbonyl (C=O) groups is 2. The summed E-state index contributed by atoms with van der Waals surface area (Å²) in [4.78, 5) is 22.8. The molecular formula is C19H19ClN2O4S. The van der Waals surface area contributed by atoms with Crippen LogP contribution in [0.25, 0.3) is 0 Å². The molecule has 0 saturated carbocycles. The van der Waals surface area contributed by atoms with Gasteiger partial charge in [-0.05, 0) is 47.5 Å². The van der Waals surface area contributed by atoms with Crippen LogP contribution in [-0.4, -0.2) is 37.6 Å². The third-order valence-corrected chi connectivity index (χ3v) is 4.50. The molecule has 0 unspecified atom stereocenters. The van der Waals surface area contributed by atoms with E-state index in [4.69, 9.17) is 16.3 Å². The number of carbonyl (C=O) groups excluding carboxylic acids is 2. The normalized spacial score (nSPS) is 10.6. The van der Waals surface area contributed by atoms with Crippen LogP contribution in [0.15, 0.2) is 53.6 Å². The van der Waals surface area contributed by atoms with Crippen molar-refractivity contribution in [3.8, 4) is 5.75 Å². The van der Waals surface area contributed by atoms with E-state index in [0.717, 1.165) is 11.1 Å². The summed E-state index contributed by atoms with van der Waals surface area (Å²) in [6.07, 6.45) is 1.53. The number of nitrogens with zero attached hydrogens (tertiary/aromatic N) is 1. The summed E-state index contributed by atoms with van der Waals surface area (Å²) in [6, 6.07) is 14.5. The first-order valence-electron chi connectivity index (χ1n) is 8.00. The lowest BCUT2D eigenvalue weighted by Gasteiger charge is -2.04. The second-order valence-electron chi connectivity index (χ2n) is 5.35. The number of esters is 1. The summed E-state index contributed by atoms with van der Waals surface area (Å²) in [5.74, 6) is 0.904. The molecule has 0 saturated heterocycles. The van der Waals surface area contributed by atoms with Crippen molar-refractivity contribution >= 4 is 41.5 Å². The van der Waals surface area contributed by atoms with Crippen LogP contribution < -0.4 is 10.2 Å². The van der Waals surface area contributed by atoms with Gasteiger partial charge in [-0.2, -0.15) is 5.10 Å². The lowest BCUT2D eigenvalue weighted by molar-refractivity contribution is -0.142. The third-order valence-electron chi connectivity index (χ3n) is 3.26. The molecule has 0 aliphatic carbocycles. The summed E-state index contributed by atoms with van der Waals surface area (Å²) >= 11 is 7.41. The lowest BCUT2D eigenvalue weighted by Crippen LogP contribution is -2.19. The van der Waals surface area contributed by atoms with E-state index in [2.05, 4.69) is 15.3 Å². The third kappa shape index (κ3) is 8.15. The van der Waals surface area contributed by atoms with Crippen LogP contribution in [0.1, 0.15) is 11.1 Å². The molecule has 142 valence electrons. The van der Waals surface area contributed by atoms with Gasteiger partial charge in [0.2, 0.25) is 5.91 Å². The van der Waals surface area contributed by atoms with Crippen molar-refractivity contribution in [2.24, 2.45) is 5.10 Å². The Morgan fingerprint density at radius 1 is 1.22 bits per heavy atom. The van der Waals surface area contributed by atoms with E-state index >= 15 is 0 Å². The number of rotatable bonds is 9. The molecule has 0 aromatic heterocycles. The van der Waals surface area contributed by atoms with Crippen LogP contribution in [0.4, 0.5) is 0 Å². The van der Waals surface area contributed by atoms with E-state index in [1.54, 1.807) is 24.3 Å². The molecule has 0 aliphatic rings. The highest BCUT2D eigenvalue weighted by Crippen LogP contribution is 2.16. The molecule has 0 bridgehead atoms. The lowest BCUT2D eigenvalue weighted by atomic mass is 10.2. The minimum atomic E-state index is -0.448. The molecule has 1 amide bonds. The fraction of sp³-hybridized carbons (Fsp3) is 0.211. The summed E-state index contributed by atoms with van der Waals surface area (Å²) in [6.45, 7) is -0.146. The van der Waals surface area contributed by atoms with Crippen LogP contribution in [-0.2, 0) is 20.1 Å². The number of benzene rings is 2. The number of nitrogens with one attached hydrogen (secondary N) is 1. The van der Waals surface area contributed by atoms with Gasteiger partial charge in [0.1, 0.15) is 5.75 Å². The smallest absolute Gasteiger partial charge is 0.343 e. The van der Waals surface area contributed by atoms with Gasteiger partial charge in [0.15, 0.2) is 6.61 Å². The molecule has 27 heavy (non-hydrogen) atoms. The highest BCUT2D eigenvalue weighted by molar-refractivity contribution is 7.99. The second kappa shape index (κ2) is 11.3. The molecule has 2 rings (SSSR count). The Bertz CT molecular complexity index is 797. The van der Waals surface area contributed by atoms with Crippen molar-refractivity contribution in [2.75, 3.05) is 19.5 Å². The van der Waals surface area contributed by atoms with Gasteiger partial charge in [0.05, 0.1) is 19.1 Å². The Balaban J connectivity index is 1.69. The SMILES string of the molecule is COC(=O)COc1ccc(/C=N/NC(=O)CSCc2cccc(Cl)c2)cc1. The van der Waals surface area contributed by atoms with E-state index in [-0.39, 0.29) is 12.5 Å². The Morgan fingerprint density at radius 2 is 2.00 bits per heavy atom. The van der Waals surface area contributed by atoms with Gasteiger partial charge >= 0.3 is 5.97 Å². The molecule has 0 spiro atoms. The van der Waals surface area contributed by atoms with E-state index < -0.39 is 5.97 Å². The highest BCUT2D eigenvalue weighted by atomic mass is 35.5. The minimum Gasteiger partial charge on any atom is -0.482 e. The number of hydrogen-bond acceptors (Lipinski definition) is 6. The first-order chi connectivity index (χ1) is 13.1. The van der Waals surface area contributed by atoms with Gasteiger partial charge in [-0.25, -0.2) is 10.2 Å². The average Bonchev–Trinajstić information content (AvgIpc) is 2.67. The molecule has 2 aromatic carbocycles. The number of halogens is 1. The topological polar surface area (TPSA) is 77.0 Å². The Kier molecular flexibility index (Phi) is 8.67. The molecular weight excluding hydrogens is 388 g/mol. The van der Waals surface area contributed by atoms with Gasteiger partial charge < -0.3 is 9.47 Å². The molecule has 6 nitrogen and oxygen atoms in total. The van der Waals surface area contributed by atoms with E-state index in [1.807, 2.05) is 24.3 Å². The molecule has 2 aromatic rings. The molecule has 0 aliphatic heterocycles. The largest absolute Gasteiger partial charge is 0.482 e. The predicted octanol–water partition coefficient (Wildman–Crippen LogP) is 3.28. The van der Waals surface area contributed by atoms with Gasteiger partial charge in [-0.3, -0.25) is 4.79 Å². The molecule has 0 heterocycles. The summed E-state index contributed by atoms with van der Waals surface area (Å²) in [7, 11) is 1.30. The zero-order valence-electron chi connectivity index (χ0n) is 14.7. The summed E-state index contributed by atoms with van der Waals surface area (Å²) < 4.78 is 9.74. The number of hydrogen-bond donors (Lipinski definition) is 1. The van der Waals surface area contributed by atoms with Crippen molar-refractivity contribution in [2.45, 2.75) is 5.75 Å². The Hall–Kier alpha value is -2.51. The van der Waals surface area contributed by atoms with Crippen molar-refractivity contribution in [1.82, 2.24) is 5.43 Å². The fourth-order valence-electron chi connectivity index (χ4n) is 1.95. The molecule has 0 atom stereocenters. The van der Waals surface area contributed by atoms with Crippen molar-refractivity contribution in [1.29, 1.82) is 0 Å². The van der Waals surface area contributed by atoms with Crippen molar-refractivity contribution in [3.63, 3.8) is 0 Å². The zero-order valence-corrected chi connectivity index (χ0v) is 16.3. The number of amides is 1. The summed E-state index contributed by atoms with van der Waals surface area (Å²) in [5.41, 5.74) is 4.33. The Labute approximate surface area is 166 Å². The monoisotopic (exact) mass is 406 g/mol. The van der Waals surface area contributed by atoms with Crippen LogP contribution in [0.3, 0.4) is 0 Å². The maximum absolute atomic E-state index is 11.8. The maximum Gasteiger partial charge on any atom is 0.343 e. The molecule has 1 N–H and O–H groups in total. The first-order valence-corrected chi connectivity index (χ1v) is 9.54. The number of hydrazone groups is 1. The van der Waals surface area contributed by atoms with Gasteiger partial charge in [0.25, 0.3) is 0 Å². The van der Waals surface area contributed by atoms with E-state index in [0.29, 0.717) is 22.3 Å². The van der Waals surface area contributed by atoms with Crippen LogP contribution in [0, 0.1) is 0 Å². The predicted molar refractivity (Wildman–Crippen MR) is 107 cm³/mol. The summed E-state index contributed by atoms with van der Waals surface area (Å²) in [5, 5.41) is 4.61. The van der Waals surface area contributed by atoms with Crippen LogP contribution in [0.2, 0.25) is 5.02 Å².